The zero-order valence-corrected chi connectivity index (χ0v) is 15.2. The summed E-state index contributed by atoms with van der Waals surface area (Å²) in [6.45, 7) is 5.80. The molecule has 0 saturated heterocycles. The molecule has 2 N–H and O–H groups in total. The molecule has 130 valence electrons. The summed E-state index contributed by atoms with van der Waals surface area (Å²) in [5.74, 6) is 1.00. The number of amides is 1. The fraction of sp³-hybridized carbons (Fsp3) is 0.765. The van der Waals surface area contributed by atoms with E-state index in [1.165, 1.54) is 5.57 Å². The van der Waals surface area contributed by atoms with Gasteiger partial charge in [-0.25, -0.2) is 4.79 Å². The predicted octanol–water partition coefficient (Wildman–Crippen LogP) is 3.30. The molecule has 0 spiro atoms. The molecule has 2 rings (SSSR count). The van der Waals surface area contributed by atoms with Crippen molar-refractivity contribution in [3.63, 3.8) is 0 Å². The van der Waals surface area contributed by atoms with E-state index in [1.54, 1.807) is 11.8 Å². The highest BCUT2D eigenvalue weighted by atomic mass is 32.2. The fourth-order valence-electron chi connectivity index (χ4n) is 3.89. The van der Waals surface area contributed by atoms with Gasteiger partial charge in [0.05, 0.1) is 6.42 Å². The zero-order valence-electron chi connectivity index (χ0n) is 14.3. The van der Waals surface area contributed by atoms with Crippen LogP contribution in [0, 0.1) is 17.3 Å². The maximum absolute atomic E-state index is 11.9. The van der Waals surface area contributed by atoms with E-state index < -0.39 is 17.7 Å². The minimum absolute atomic E-state index is 0.0903. The molecular weight excluding hydrogens is 314 g/mol. The number of hydrogen-bond acceptors (Lipinski definition) is 4. The van der Waals surface area contributed by atoms with Crippen LogP contribution < -0.4 is 5.32 Å². The Labute approximate surface area is 142 Å². The molecule has 5 nitrogen and oxygen atoms in total. The van der Waals surface area contributed by atoms with E-state index in [2.05, 4.69) is 17.6 Å². The maximum atomic E-state index is 11.9. The number of carboxylic acids is 1. The summed E-state index contributed by atoms with van der Waals surface area (Å²) in [5.41, 5.74) is 0.496. The molecule has 1 saturated carbocycles. The summed E-state index contributed by atoms with van der Waals surface area (Å²) in [4.78, 5) is 23.2. The third kappa shape index (κ3) is 4.43. The van der Waals surface area contributed by atoms with Crippen LogP contribution in [0.15, 0.2) is 11.6 Å². The van der Waals surface area contributed by atoms with Crippen LogP contribution in [0.2, 0.25) is 0 Å². The summed E-state index contributed by atoms with van der Waals surface area (Å²) in [5, 5.41) is 12.1. The first-order chi connectivity index (χ1) is 10.6. The Balaban J connectivity index is 2.01. The van der Waals surface area contributed by atoms with Gasteiger partial charge in [-0.05, 0) is 51.7 Å². The van der Waals surface area contributed by atoms with Crippen LogP contribution in [0.1, 0.15) is 40.0 Å². The van der Waals surface area contributed by atoms with Crippen molar-refractivity contribution in [2.24, 2.45) is 17.3 Å². The molecule has 0 heterocycles. The van der Waals surface area contributed by atoms with Crippen LogP contribution in [0.3, 0.4) is 0 Å². The molecule has 0 aromatic carbocycles. The number of carbonyl (C=O) groups is 2. The van der Waals surface area contributed by atoms with Crippen LogP contribution >= 0.6 is 11.8 Å². The number of thioether (sulfide) groups is 1. The van der Waals surface area contributed by atoms with Crippen LogP contribution in [0.25, 0.3) is 0 Å². The van der Waals surface area contributed by atoms with Gasteiger partial charge in [-0.3, -0.25) is 4.79 Å². The van der Waals surface area contributed by atoms with E-state index in [1.807, 2.05) is 20.8 Å². The number of nitrogens with one attached hydrogen (secondary N) is 1. The lowest BCUT2D eigenvalue weighted by atomic mass is 9.53. The summed E-state index contributed by atoms with van der Waals surface area (Å²) < 4.78 is 5.26. The van der Waals surface area contributed by atoms with Crippen molar-refractivity contribution in [1.29, 1.82) is 0 Å². The van der Waals surface area contributed by atoms with Crippen LogP contribution in [0.5, 0.6) is 0 Å². The van der Waals surface area contributed by atoms with E-state index >= 15 is 0 Å². The largest absolute Gasteiger partial charge is 0.481 e. The number of hydrogen-bond donors (Lipinski definition) is 2. The van der Waals surface area contributed by atoms with Gasteiger partial charge in [-0.15, -0.1) is 0 Å². The normalized spacial score (nSPS) is 29.3. The quantitative estimate of drug-likeness (QED) is 0.725. The number of carbonyl (C=O) groups excluding carboxylic acids is 1. The Kier molecular flexibility index (Phi) is 5.33. The highest BCUT2D eigenvalue weighted by Crippen LogP contribution is 2.59. The predicted molar refractivity (Wildman–Crippen MR) is 91.6 cm³/mol. The molecule has 23 heavy (non-hydrogen) atoms. The fourth-order valence-corrected chi connectivity index (χ4v) is 4.48. The first-order valence-electron chi connectivity index (χ1n) is 8.02. The molecule has 0 aromatic heterocycles. The molecule has 0 aromatic rings. The lowest BCUT2D eigenvalue weighted by Crippen LogP contribution is -2.53. The molecule has 0 aliphatic heterocycles. The van der Waals surface area contributed by atoms with Crippen molar-refractivity contribution in [3.05, 3.63) is 11.6 Å². The van der Waals surface area contributed by atoms with Gasteiger partial charge in [-0.2, -0.15) is 11.8 Å². The van der Waals surface area contributed by atoms with E-state index in [0.29, 0.717) is 12.5 Å². The Morgan fingerprint density at radius 1 is 1.48 bits per heavy atom. The lowest BCUT2D eigenvalue weighted by Gasteiger charge is -2.51. The van der Waals surface area contributed by atoms with Gasteiger partial charge in [0.15, 0.2) is 0 Å². The molecule has 1 amide bonds. The second-order valence-corrected chi connectivity index (χ2v) is 8.61. The topological polar surface area (TPSA) is 75.6 Å². The molecule has 2 aliphatic carbocycles. The monoisotopic (exact) mass is 341 g/mol. The maximum Gasteiger partial charge on any atom is 0.407 e. The van der Waals surface area contributed by atoms with Crippen LogP contribution in [0.4, 0.5) is 4.79 Å². The number of alkyl carbamates (subject to hydrolysis) is 1. The average molecular weight is 341 g/mol. The third-order valence-electron chi connectivity index (χ3n) is 4.64. The summed E-state index contributed by atoms with van der Waals surface area (Å²) in [6, 6.07) is 0. The van der Waals surface area contributed by atoms with Gasteiger partial charge >= 0.3 is 12.1 Å². The third-order valence-corrected chi connectivity index (χ3v) is 5.30. The van der Waals surface area contributed by atoms with E-state index in [9.17, 15) is 14.7 Å². The van der Waals surface area contributed by atoms with Gasteiger partial charge in [0.2, 0.25) is 0 Å². The number of fused-ring (bicyclic) bond motifs is 1. The molecule has 0 unspecified atom stereocenters. The van der Waals surface area contributed by atoms with Crippen molar-refractivity contribution in [1.82, 2.24) is 5.32 Å². The molecule has 0 radical (unpaired) electrons. The number of allylic oxidation sites excluding steroid dienone is 1. The van der Waals surface area contributed by atoms with Gasteiger partial charge in [0.25, 0.3) is 0 Å². The van der Waals surface area contributed by atoms with Gasteiger partial charge in [-0.1, -0.05) is 11.6 Å². The number of carboxylic acid groups (broad SMARTS) is 1. The van der Waals surface area contributed by atoms with E-state index in [0.717, 1.165) is 18.6 Å². The Morgan fingerprint density at radius 3 is 2.74 bits per heavy atom. The SMILES string of the molecule is CSCC1=C[C@H]2[C@@H](C1)C[C@@]2(CNC(=O)OC(C)(C)C)CC(=O)O. The Morgan fingerprint density at radius 2 is 2.17 bits per heavy atom. The molecule has 6 heteroatoms. The lowest BCUT2D eigenvalue weighted by molar-refractivity contribution is -0.144. The first kappa shape index (κ1) is 18.2. The average Bonchev–Trinajstić information content (AvgIpc) is 2.71. The Bertz CT molecular complexity index is 511. The van der Waals surface area contributed by atoms with Crippen molar-refractivity contribution < 1.29 is 19.4 Å². The van der Waals surface area contributed by atoms with Gasteiger partial charge in [0, 0.05) is 17.7 Å². The number of rotatable bonds is 6. The van der Waals surface area contributed by atoms with Crippen molar-refractivity contribution in [3.8, 4) is 0 Å². The smallest absolute Gasteiger partial charge is 0.407 e. The molecule has 1 fully saturated rings. The summed E-state index contributed by atoms with van der Waals surface area (Å²) >= 11 is 1.80. The van der Waals surface area contributed by atoms with Crippen molar-refractivity contribution in [2.45, 2.75) is 45.6 Å². The van der Waals surface area contributed by atoms with Gasteiger partial charge in [0.1, 0.15) is 5.60 Å². The number of ether oxygens (including phenoxy) is 1. The highest BCUT2D eigenvalue weighted by molar-refractivity contribution is 7.98. The highest BCUT2D eigenvalue weighted by Gasteiger charge is 2.55. The van der Waals surface area contributed by atoms with E-state index in [-0.39, 0.29) is 17.8 Å². The molecule has 3 atom stereocenters. The molecule has 0 bridgehead atoms. The second-order valence-electron chi connectivity index (χ2n) is 7.74. The Hall–Kier alpha value is -1.17. The minimum atomic E-state index is -0.804. The molecular formula is C17H27NO4S. The molecule has 2 aliphatic rings. The standard InChI is InChI=1S/C17H27NO4S/c1-16(2,3)22-15(21)18-10-17(8-14(19)20)7-12-5-11(9-23-4)6-13(12)17/h6,12-13H,5,7-10H2,1-4H3,(H,18,21)(H,19,20)/t12-,13-,17-/m0/s1. The van der Waals surface area contributed by atoms with Crippen LogP contribution in [-0.4, -0.2) is 41.3 Å². The van der Waals surface area contributed by atoms with Crippen LogP contribution in [-0.2, 0) is 9.53 Å². The summed E-state index contributed by atoms with van der Waals surface area (Å²) in [6.07, 6.45) is 5.87. The zero-order chi connectivity index (χ0) is 17.3. The van der Waals surface area contributed by atoms with Crippen molar-refractivity contribution in [2.75, 3.05) is 18.6 Å². The first-order valence-corrected chi connectivity index (χ1v) is 9.42. The number of aliphatic carboxylic acids is 1. The summed E-state index contributed by atoms with van der Waals surface area (Å²) in [7, 11) is 0. The van der Waals surface area contributed by atoms with Gasteiger partial charge < -0.3 is 15.2 Å². The second kappa shape index (κ2) is 6.75. The van der Waals surface area contributed by atoms with Crippen molar-refractivity contribution >= 4 is 23.8 Å². The van der Waals surface area contributed by atoms with E-state index in [4.69, 9.17) is 4.74 Å². The minimum Gasteiger partial charge on any atom is -0.481 e.